The van der Waals surface area contributed by atoms with Crippen LogP contribution in [-0.2, 0) is 5.75 Å². The van der Waals surface area contributed by atoms with Crippen LogP contribution < -0.4 is 10.6 Å². The monoisotopic (exact) mass is 318 g/mol. The Morgan fingerprint density at radius 2 is 2.00 bits per heavy atom. The number of nitrogens with two attached hydrogens (primary N) is 1. The molecule has 0 amide bonds. The van der Waals surface area contributed by atoms with Crippen molar-refractivity contribution in [3.8, 4) is 5.75 Å². The van der Waals surface area contributed by atoms with E-state index in [1.54, 1.807) is 25.1 Å². The van der Waals surface area contributed by atoms with Gasteiger partial charge in [0, 0.05) is 11.3 Å². The summed E-state index contributed by atoms with van der Waals surface area (Å²) in [6.07, 6.45) is -4.37. The third-order valence-electron chi connectivity index (χ3n) is 2.56. The molecular weight excluding hydrogens is 305 g/mol. The normalized spacial score (nSPS) is 11.6. The van der Waals surface area contributed by atoms with Gasteiger partial charge in [-0.3, -0.25) is 0 Å². The molecule has 0 radical (unpaired) electrons. The summed E-state index contributed by atoms with van der Waals surface area (Å²) < 4.78 is 42.8. The van der Waals surface area contributed by atoms with E-state index in [1.807, 2.05) is 0 Å². The Labute approximate surface area is 123 Å². The fourth-order valence-corrected chi connectivity index (χ4v) is 2.41. The molecule has 21 heavy (non-hydrogen) atoms. The number of hydrogen-bond donors (Lipinski definition) is 1. The molecule has 0 aliphatic rings. The molecule has 2 rings (SSSR count). The predicted molar refractivity (Wildman–Crippen MR) is 72.5 cm³/mol. The Morgan fingerprint density at radius 3 is 2.62 bits per heavy atom. The molecule has 114 valence electrons. The molecule has 9 heteroatoms. The first-order valence-corrected chi connectivity index (χ1v) is 6.93. The van der Waals surface area contributed by atoms with Crippen LogP contribution >= 0.6 is 11.8 Å². The number of aryl methyl sites for hydroxylation is 1. The van der Waals surface area contributed by atoms with Crippen molar-refractivity contribution >= 4 is 11.8 Å². The lowest BCUT2D eigenvalue weighted by Crippen LogP contribution is -2.19. The lowest BCUT2D eigenvalue weighted by Gasteiger charge is -2.12. The van der Waals surface area contributed by atoms with Gasteiger partial charge in [-0.25, -0.2) is 4.68 Å². The number of thioether (sulfide) groups is 1. The summed E-state index contributed by atoms with van der Waals surface area (Å²) in [5, 5.41) is 8.17. The predicted octanol–water partition coefficient (Wildman–Crippen LogP) is 2.53. The van der Waals surface area contributed by atoms with Gasteiger partial charge in [0.25, 0.3) is 0 Å². The number of hydrogen-bond acceptors (Lipinski definition) is 5. The molecule has 0 saturated carbocycles. The van der Waals surface area contributed by atoms with Crippen molar-refractivity contribution in [1.29, 1.82) is 0 Å². The Kier molecular flexibility index (Phi) is 4.61. The summed E-state index contributed by atoms with van der Waals surface area (Å²) in [6.45, 7) is 0.387. The summed E-state index contributed by atoms with van der Waals surface area (Å²) in [6, 6.07) is 6.55. The average Bonchev–Trinajstić information content (AvgIpc) is 2.74. The summed E-state index contributed by atoms with van der Waals surface area (Å²) in [7, 11) is 0. The van der Waals surface area contributed by atoms with Gasteiger partial charge in [-0.05, 0) is 13.0 Å². The van der Waals surface area contributed by atoms with Crippen LogP contribution in [0, 0.1) is 6.92 Å². The molecule has 0 bridgehead atoms. The molecule has 0 saturated heterocycles. The quantitative estimate of drug-likeness (QED) is 0.678. The summed E-state index contributed by atoms with van der Waals surface area (Å²) >= 11 is 1.27. The second-order valence-electron chi connectivity index (χ2n) is 4.20. The minimum atomic E-state index is -4.37. The van der Waals surface area contributed by atoms with Crippen molar-refractivity contribution in [3.63, 3.8) is 0 Å². The van der Waals surface area contributed by atoms with Gasteiger partial charge in [0.1, 0.15) is 11.6 Å². The van der Waals surface area contributed by atoms with E-state index in [1.165, 1.54) is 22.5 Å². The van der Waals surface area contributed by atoms with Gasteiger partial charge in [-0.1, -0.05) is 30.0 Å². The minimum Gasteiger partial charge on any atom is -0.484 e. The van der Waals surface area contributed by atoms with E-state index in [4.69, 9.17) is 10.6 Å². The van der Waals surface area contributed by atoms with Gasteiger partial charge < -0.3 is 10.6 Å². The molecule has 1 aromatic heterocycles. The number of nitrogens with zero attached hydrogens (tertiary/aromatic N) is 3. The number of ether oxygens (including phenoxy) is 1. The fraction of sp³-hybridized carbons (Fsp3) is 0.333. The van der Waals surface area contributed by atoms with Crippen LogP contribution in [0.15, 0.2) is 29.4 Å². The van der Waals surface area contributed by atoms with E-state index in [-0.39, 0.29) is 5.75 Å². The van der Waals surface area contributed by atoms with Crippen LogP contribution in [0.5, 0.6) is 5.75 Å². The number of benzene rings is 1. The number of aromatic nitrogens is 3. The van der Waals surface area contributed by atoms with Crippen molar-refractivity contribution < 1.29 is 17.9 Å². The number of alkyl halides is 3. The van der Waals surface area contributed by atoms with E-state index in [9.17, 15) is 13.2 Å². The first-order chi connectivity index (χ1) is 9.87. The summed E-state index contributed by atoms with van der Waals surface area (Å²) in [4.78, 5) is 0. The molecular formula is C12H13F3N4OS. The highest BCUT2D eigenvalue weighted by molar-refractivity contribution is 7.98. The number of nitrogen functional groups attached to an aromatic ring is 1. The highest BCUT2D eigenvalue weighted by atomic mass is 32.2. The van der Waals surface area contributed by atoms with E-state index >= 15 is 0 Å². The van der Waals surface area contributed by atoms with E-state index < -0.39 is 12.8 Å². The molecule has 5 nitrogen and oxygen atoms in total. The smallest absolute Gasteiger partial charge is 0.422 e. The van der Waals surface area contributed by atoms with E-state index in [0.29, 0.717) is 22.3 Å². The average molecular weight is 318 g/mol. The Balaban J connectivity index is 2.04. The van der Waals surface area contributed by atoms with Crippen LogP contribution in [0.1, 0.15) is 11.4 Å². The maximum atomic E-state index is 12.2. The van der Waals surface area contributed by atoms with Gasteiger partial charge in [-0.2, -0.15) is 13.2 Å². The number of rotatable bonds is 5. The lowest BCUT2D eigenvalue weighted by molar-refractivity contribution is -0.153. The molecule has 0 aliphatic heterocycles. The van der Waals surface area contributed by atoms with Crippen LogP contribution in [0.3, 0.4) is 0 Å². The summed E-state index contributed by atoms with van der Waals surface area (Å²) in [5.74, 6) is 6.84. The maximum absolute atomic E-state index is 12.2. The van der Waals surface area contributed by atoms with Crippen molar-refractivity contribution in [2.75, 3.05) is 12.4 Å². The molecule has 1 aromatic carbocycles. The molecule has 0 unspecified atom stereocenters. The number of para-hydroxylation sites is 1. The minimum absolute atomic E-state index is 0.196. The highest BCUT2D eigenvalue weighted by Gasteiger charge is 2.28. The fourth-order valence-electron chi connectivity index (χ4n) is 1.51. The zero-order valence-corrected chi connectivity index (χ0v) is 11.9. The van der Waals surface area contributed by atoms with Gasteiger partial charge >= 0.3 is 6.18 Å². The van der Waals surface area contributed by atoms with Gasteiger partial charge in [-0.15, -0.1) is 10.2 Å². The zero-order valence-electron chi connectivity index (χ0n) is 11.1. The first-order valence-electron chi connectivity index (χ1n) is 5.94. The Bertz CT molecular complexity index is 615. The van der Waals surface area contributed by atoms with Gasteiger partial charge in [0.15, 0.2) is 6.61 Å². The second kappa shape index (κ2) is 6.25. The molecule has 1 heterocycles. The third kappa shape index (κ3) is 4.28. The first kappa shape index (κ1) is 15.5. The van der Waals surface area contributed by atoms with E-state index in [2.05, 4.69) is 10.2 Å². The second-order valence-corrected chi connectivity index (χ2v) is 5.14. The van der Waals surface area contributed by atoms with Crippen LogP contribution in [0.4, 0.5) is 13.2 Å². The third-order valence-corrected chi connectivity index (χ3v) is 3.55. The highest BCUT2D eigenvalue weighted by Crippen LogP contribution is 2.28. The molecule has 0 atom stereocenters. The standard InChI is InChI=1S/C12H13F3N4OS/c1-8-17-18-11(19(8)16)21-6-9-4-2-3-5-10(9)20-7-12(13,14)15/h2-5H,6-7,16H2,1H3. The molecule has 2 N–H and O–H groups in total. The van der Waals surface area contributed by atoms with Crippen molar-refractivity contribution in [1.82, 2.24) is 14.9 Å². The van der Waals surface area contributed by atoms with Crippen LogP contribution in [0.2, 0.25) is 0 Å². The topological polar surface area (TPSA) is 66.0 Å². The molecule has 0 fully saturated rings. The van der Waals surface area contributed by atoms with Crippen molar-refractivity contribution in [2.24, 2.45) is 0 Å². The Hall–Kier alpha value is -1.90. The number of halogens is 3. The summed E-state index contributed by atoms with van der Waals surface area (Å²) in [5.41, 5.74) is 0.632. The lowest BCUT2D eigenvalue weighted by atomic mass is 10.2. The van der Waals surface area contributed by atoms with Crippen LogP contribution in [0.25, 0.3) is 0 Å². The molecule has 0 aliphatic carbocycles. The SMILES string of the molecule is Cc1nnc(SCc2ccccc2OCC(F)(F)F)n1N. The zero-order chi connectivity index (χ0) is 15.5. The maximum Gasteiger partial charge on any atom is 0.422 e. The molecule has 0 spiro atoms. The van der Waals surface area contributed by atoms with Gasteiger partial charge in [0.05, 0.1) is 0 Å². The van der Waals surface area contributed by atoms with Gasteiger partial charge in [0.2, 0.25) is 5.16 Å². The van der Waals surface area contributed by atoms with Crippen LogP contribution in [-0.4, -0.2) is 27.7 Å². The van der Waals surface area contributed by atoms with Crippen molar-refractivity contribution in [2.45, 2.75) is 24.0 Å². The Morgan fingerprint density at radius 1 is 1.29 bits per heavy atom. The van der Waals surface area contributed by atoms with E-state index in [0.717, 1.165) is 0 Å². The largest absolute Gasteiger partial charge is 0.484 e. The van der Waals surface area contributed by atoms with Crippen molar-refractivity contribution in [3.05, 3.63) is 35.7 Å². The molecule has 2 aromatic rings.